The summed E-state index contributed by atoms with van der Waals surface area (Å²) in [6.45, 7) is 9.39. The van der Waals surface area contributed by atoms with Gasteiger partial charge in [-0.15, -0.1) is 12.3 Å². The third-order valence-electron chi connectivity index (χ3n) is 3.44. The van der Waals surface area contributed by atoms with Crippen LogP contribution in [-0.4, -0.2) is 37.1 Å². The van der Waals surface area contributed by atoms with Crippen molar-refractivity contribution in [1.29, 1.82) is 0 Å². The Hall–Kier alpha value is -0.520. The lowest BCUT2D eigenvalue weighted by Gasteiger charge is -2.37. The van der Waals surface area contributed by atoms with Crippen molar-refractivity contribution < 1.29 is 0 Å². The Kier molecular flexibility index (Phi) is 6.52. The Bertz CT molecular complexity index is 219. The highest BCUT2D eigenvalue weighted by molar-refractivity contribution is 4.85. The normalized spacial score (nSPS) is 26.6. The highest BCUT2D eigenvalue weighted by Crippen LogP contribution is 2.17. The van der Waals surface area contributed by atoms with Crippen LogP contribution in [0.1, 0.15) is 39.5 Å². The Morgan fingerprint density at radius 2 is 2.31 bits per heavy atom. The van der Waals surface area contributed by atoms with Crippen LogP contribution in [0.5, 0.6) is 0 Å². The van der Waals surface area contributed by atoms with Crippen LogP contribution in [0.2, 0.25) is 0 Å². The van der Waals surface area contributed by atoms with Crippen molar-refractivity contribution in [1.82, 2.24) is 10.2 Å². The number of hydrogen-bond donors (Lipinski definition) is 1. The molecule has 1 saturated heterocycles. The second-order valence-corrected chi connectivity index (χ2v) is 4.93. The molecule has 0 aliphatic carbocycles. The molecule has 1 rings (SSSR count). The predicted molar refractivity (Wildman–Crippen MR) is 70.4 cm³/mol. The van der Waals surface area contributed by atoms with Crippen LogP contribution >= 0.6 is 0 Å². The summed E-state index contributed by atoms with van der Waals surface area (Å²) in [4.78, 5) is 2.56. The highest BCUT2D eigenvalue weighted by atomic mass is 15.1. The van der Waals surface area contributed by atoms with E-state index >= 15 is 0 Å². The van der Waals surface area contributed by atoms with E-state index in [9.17, 15) is 0 Å². The monoisotopic (exact) mass is 222 g/mol. The third-order valence-corrected chi connectivity index (χ3v) is 3.44. The largest absolute Gasteiger partial charge is 0.314 e. The molecular formula is C14H26N2. The molecule has 1 aliphatic heterocycles. The number of rotatable bonds is 6. The highest BCUT2D eigenvalue weighted by Gasteiger charge is 2.24. The number of likely N-dealkylation sites (tertiary alicyclic amines) is 1. The van der Waals surface area contributed by atoms with Gasteiger partial charge in [0.25, 0.3) is 0 Å². The van der Waals surface area contributed by atoms with Gasteiger partial charge >= 0.3 is 0 Å². The second kappa shape index (κ2) is 7.70. The zero-order chi connectivity index (χ0) is 11.8. The molecule has 0 aromatic rings. The third kappa shape index (κ3) is 4.55. The summed E-state index contributed by atoms with van der Waals surface area (Å²) in [5, 5.41) is 3.65. The predicted octanol–water partition coefficient (Wildman–Crippen LogP) is 2.11. The molecule has 1 N–H and O–H groups in total. The summed E-state index contributed by atoms with van der Waals surface area (Å²) >= 11 is 0. The van der Waals surface area contributed by atoms with E-state index < -0.39 is 0 Å². The van der Waals surface area contributed by atoms with Gasteiger partial charge in [0.2, 0.25) is 0 Å². The minimum atomic E-state index is 0.726. The van der Waals surface area contributed by atoms with Crippen molar-refractivity contribution in [3.05, 3.63) is 0 Å². The van der Waals surface area contributed by atoms with Crippen molar-refractivity contribution in [3.63, 3.8) is 0 Å². The molecule has 0 aromatic carbocycles. The van der Waals surface area contributed by atoms with Crippen LogP contribution in [0, 0.1) is 18.3 Å². The SMILES string of the molecule is C#CCCCN1CCC(NCCC)C(C)C1. The molecule has 0 amide bonds. The average molecular weight is 222 g/mol. The first-order chi connectivity index (χ1) is 7.77. The minimum Gasteiger partial charge on any atom is -0.314 e. The second-order valence-electron chi connectivity index (χ2n) is 4.93. The lowest BCUT2D eigenvalue weighted by molar-refractivity contribution is 0.147. The van der Waals surface area contributed by atoms with Gasteiger partial charge in [0.05, 0.1) is 0 Å². The molecule has 1 heterocycles. The smallest absolute Gasteiger partial charge is 0.0117 e. The zero-order valence-electron chi connectivity index (χ0n) is 10.8. The van der Waals surface area contributed by atoms with Gasteiger partial charge in [-0.2, -0.15) is 0 Å². The first-order valence-electron chi connectivity index (χ1n) is 6.67. The van der Waals surface area contributed by atoms with Crippen LogP contribution in [0.3, 0.4) is 0 Å². The molecule has 2 atom stereocenters. The lowest BCUT2D eigenvalue weighted by atomic mass is 9.93. The average Bonchev–Trinajstić information content (AvgIpc) is 2.28. The van der Waals surface area contributed by atoms with Crippen molar-refractivity contribution in [3.8, 4) is 12.3 Å². The van der Waals surface area contributed by atoms with E-state index in [1.54, 1.807) is 0 Å². The molecule has 0 spiro atoms. The molecule has 0 bridgehead atoms. The van der Waals surface area contributed by atoms with Crippen molar-refractivity contribution in [2.24, 2.45) is 5.92 Å². The molecule has 16 heavy (non-hydrogen) atoms. The summed E-state index contributed by atoms with van der Waals surface area (Å²) in [5.41, 5.74) is 0. The summed E-state index contributed by atoms with van der Waals surface area (Å²) < 4.78 is 0. The van der Waals surface area contributed by atoms with E-state index in [0.717, 1.165) is 31.3 Å². The van der Waals surface area contributed by atoms with E-state index in [1.165, 1.54) is 32.5 Å². The fourth-order valence-electron chi connectivity index (χ4n) is 2.47. The summed E-state index contributed by atoms with van der Waals surface area (Å²) in [5.74, 6) is 3.49. The maximum atomic E-state index is 5.27. The number of terminal acetylenes is 1. The standard InChI is InChI=1S/C14H26N2/c1-4-6-7-10-16-11-8-14(13(3)12-16)15-9-5-2/h1,13-15H,5-12H2,2-3H3. The summed E-state index contributed by atoms with van der Waals surface area (Å²) in [6.07, 6.45) is 9.86. The maximum Gasteiger partial charge on any atom is 0.0117 e. The summed E-state index contributed by atoms with van der Waals surface area (Å²) in [6, 6.07) is 0.726. The number of nitrogens with one attached hydrogen (secondary N) is 1. The number of nitrogens with zero attached hydrogens (tertiary/aromatic N) is 1. The van der Waals surface area contributed by atoms with Crippen LogP contribution in [0.4, 0.5) is 0 Å². The number of piperidine rings is 1. The van der Waals surface area contributed by atoms with Gasteiger partial charge < -0.3 is 10.2 Å². The van der Waals surface area contributed by atoms with E-state index in [4.69, 9.17) is 6.42 Å². The topological polar surface area (TPSA) is 15.3 Å². The van der Waals surface area contributed by atoms with E-state index in [2.05, 4.69) is 30.0 Å². The first-order valence-corrected chi connectivity index (χ1v) is 6.67. The fraction of sp³-hybridized carbons (Fsp3) is 0.857. The lowest BCUT2D eigenvalue weighted by Crippen LogP contribution is -2.48. The molecule has 0 saturated carbocycles. The molecular weight excluding hydrogens is 196 g/mol. The van der Waals surface area contributed by atoms with Gasteiger partial charge in [-0.25, -0.2) is 0 Å². The van der Waals surface area contributed by atoms with Crippen LogP contribution in [-0.2, 0) is 0 Å². The van der Waals surface area contributed by atoms with Crippen LogP contribution < -0.4 is 5.32 Å². The van der Waals surface area contributed by atoms with E-state index in [-0.39, 0.29) is 0 Å². The van der Waals surface area contributed by atoms with Gasteiger partial charge in [-0.3, -0.25) is 0 Å². The first kappa shape index (κ1) is 13.5. The number of unbranched alkanes of at least 4 members (excludes halogenated alkanes) is 1. The minimum absolute atomic E-state index is 0.726. The van der Waals surface area contributed by atoms with Gasteiger partial charge in [0.15, 0.2) is 0 Å². The zero-order valence-corrected chi connectivity index (χ0v) is 10.8. The Morgan fingerprint density at radius 3 is 2.94 bits per heavy atom. The molecule has 1 aliphatic rings. The summed E-state index contributed by atoms with van der Waals surface area (Å²) in [7, 11) is 0. The molecule has 2 heteroatoms. The molecule has 2 nitrogen and oxygen atoms in total. The van der Waals surface area contributed by atoms with Gasteiger partial charge in [0.1, 0.15) is 0 Å². The van der Waals surface area contributed by atoms with Gasteiger partial charge in [-0.05, 0) is 44.8 Å². The van der Waals surface area contributed by atoms with Crippen molar-refractivity contribution in [2.45, 2.75) is 45.6 Å². The molecule has 0 aromatic heterocycles. The Morgan fingerprint density at radius 1 is 1.50 bits per heavy atom. The molecule has 92 valence electrons. The molecule has 2 unspecified atom stereocenters. The Balaban J connectivity index is 2.20. The van der Waals surface area contributed by atoms with Crippen LogP contribution in [0.25, 0.3) is 0 Å². The van der Waals surface area contributed by atoms with Crippen molar-refractivity contribution in [2.75, 3.05) is 26.2 Å². The molecule has 0 radical (unpaired) electrons. The van der Waals surface area contributed by atoms with Gasteiger partial charge in [0, 0.05) is 19.0 Å². The Labute approximate surface area is 101 Å². The fourth-order valence-corrected chi connectivity index (χ4v) is 2.47. The quantitative estimate of drug-likeness (QED) is 0.547. The maximum absolute atomic E-state index is 5.27. The van der Waals surface area contributed by atoms with Crippen molar-refractivity contribution >= 4 is 0 Å². The number of hydrogen-bond acceptors (Lipinski definition) is 2. The van der Waals surface area contributed by atoms with Gasteiger partial charge in [-0.1, -0.05) is 13.8 Å². The molecule has 1 fully saturated rings. The van der Waals surface area contributed by atoms with E-state index in [0.29, 0.717) is 0 Å². The van der Waals surface area contributed by atoms with E-state index in [1.807, 2.05) is 0 Å². The van der Waals surface area contributed by atoms with Crippen LogP contribution in [0.15, 0.2) is 0 Å².